The van der Waals surface area contributed by atoms with Crippen molar-refractivity contribution in [2.24, 2.45) is 0 Å². The molecule has 0 spiro atoms. The van der Waals surface area contributed by atoms with E-state index in [1.165, 1.54) is 6.20 Å². The molecular formula is C18H18N4O2. The van der Waals surface area contributed by atoms with Gasteiger partial charge in [-0.3, -0.25) is 9.78 Å². The summed E-state index contributed by atoms with van der Waals surface area (Å²) in [5.41, 5.74) is 1.87. The third-order valence-electron chi connectivity index (χ3n) is 3.23. The molecule has 0 bridgehead atoms. The van der Waals surface area contributed by atoms with Gasteiger partial charge in [-0.25, -0.2) is 0 Å². The fraction of sp³-hybridized carbons (Fsp3) is 0.167. The van der Waals surface area contributed by atoms with E-state index >= 15 is 0 Å². The van der Waals surface area contributed by atoms with Crippen molar-refractivity contribution in [2.45, 2.75) is 13.1 Å². The zero-order chi connectivity index (χ0) is 17.2. The van der Waals surface area contributed by atoms with Crippen LogP contribution in [-0.4, -0.2) is 18.0 Å². The lowest BCUT2D eigenvalue weighted by Crippen LogP contribution is -2.25. The number of pyridine rings is 1. The third-order valence-corrected chi connectivity index (χ3v) is 3.23. The number of ether oxygens (including phenoxy) is 1. The molecule has 0 atom stereocenters. The second-order valence-corrected chi connectivity index (χ2v) is 4.95. The predicted octanol–water partition coefficient (Wildman–Crippen LogP) is 1.90. The van der Waals surface area contributed by atoms with E-state index in [1.54, 1.807) is 25.6 Å². The van der Waals surface area contributed by atoms with E-state index in [0.717, 1.165) is 16.9 Å². The summed E-state index contributed by atoms with van der Waals surface area (Å²) >= 11 is 0. The van der Waals surface area contributed by atoms with Crippen molar-refractivity contribution < 1.29 is 9.53 Å². The fourth-order valence-electron chi connectivity index (χ4n) is 1.98. The summed E-state index contributed by atoms with van der Waals surface area (Å²) in [7, 11) is 1.60. The first kappa shape index (κ1) is 17.0. The van der Waals surface area contributed by atoms with Crippen LogP contribution in [0.1, 0.15) is 11.1 Å². The Balaban J connectivity index is 1.88. The first-order valence-electron chi connectivity index (χ1n) is 7.36. The molecule has 6 heteroatoms. The highest BCUT2D eigenvalue weighted by molar-refractivity contribution is 5.97. The van der Waals surface area contributed by atoms with Crippen molar-refractivity contribution >= 4 is 5.91 Å². The molecule has 1 heterocycles. The zero-order valence-corrected chi connectivity index (χ0v) is 13.3. The topological polar surface area (TPSA) is 87.0 Å². The van der Waals surface area contributed by atoms with Gasteiger partial charge in [0.2, 0.25) is 0 Å². The van der Waals surface area contributed by atoms with Crippen molar-refractivity contribution in [1.29, 1.82) is 5.26 Å². The maximum atomic E-state index is 12.0. The number of benzene rings is 1. The molecule has 0 saturated carbocycles. The van der Waals surface area contributed by atoms with E-state index in [4.69, 9.17) is 10.00 Å². The van der Waals surface area contributed by atoms with Gasteiger partial charge in [0.1, 0.15) is 17.4 Å². The molecule has 2 rings (SSSR count). The maximum Gasteiger partial charge on any atom is 0.263 e. The number of hydrogen-bond donors (Lipinski definition) is 2. The third kappa shape index (κ3) is 5.14. The van der Waals surface area contributed by atoms with E-state index < -0.39 is 5.91 Å². The molecule has 0 aliphatic heterocycles. The van der Waals surface area contributed by atoms with Gasteiger partial charge >= 0.3 is 0 Å². The largest absolute Gasteiger partial charge is 0.497 e. The Labute approximate surface area is 140 Å². The Morgan fingerprint density at radius 1 is 1.29 bits per heavy atom. The number of nitrogens with one attached hydrogen (secondary N) is 2. The van der Waals surface area contributed by atoms with Crippen LogP contribution in [0.3, 0.4) is 0 Å². The zero-order valence-electron chi connectivity index (χ0n) is 13.3. The molecule has 1 amide bonds. The van der Waals surface area contributed by atoms with E-state index in [2.05, 4.69) is 15.6 Å². The molecule has 0 unspecified atom stereocenters. The van der Waals surface area contributed by atoms with E-state index in [-0.39, 0.29) is 5.57 Å². The lowest BCUT2D eigenvalue weighted by molar-refractivity contribution is -0.117. The average Bonchev–Trinajstić information content (AvgIpc) is 2.64. The minimum absolute atomic E-state index is 0.0155. The Morgan fingerprint density at radius 3 is 2.83 bits per heavy atom. The lowest BCUT2D eigenvalue weighted by atomic mass is 10.2. The highest BCUT2D eigenvalue weighted by Crippen LogP contribution is 2.12. The van der Waals surface area contributed by atoms with Gasteiger partial charge in [-0.2, -0.15) is 5.26 Å². The standard InChI is InChI=1S/C18H18N4O2/c1-24-17-6-2-4-14(8-17)10-21-13-16(9-19)18(23)22-12-15-5-3-7-20-11-15/h2-8,11,13,21H,10,12H2,1H3,(H,22,23)/b16-13-. The number of rotatable bonds is 7. The molecule has 0 aliphatic carbocycles. The molecule has 122 valence electrons. The van der Waals surface area contributed by atoms with E-state index in [1.807, 2.05) is 36.4 Å². The van der Waals surface area contributed by atoms with Gasteiger partial charge in [-0.15, -0.1) is 0 Å². The minimum atomic E-state index is -0.431. The number of amides is 1. The second-order valence-electron chi connectivity index (χ2n) is 4.95. The van der Waals surface area contributed by atoms with Crippen LogP contribution in [0.2, 0.25) is 0 Å². The Morgan fingerprint density at radius 2 is 2.12 bits per heavy atom. The van der Waals surface area contributed by atoms with Gasteiger partial charge in [0, 0.05) is 31.7 Å². The summed E-state index contributed by atoms with van der Waals surface area (Å²) in [6.07, 6.45) is 4.74. The predicted molar refractivity (Wildman–Crippen MR) is 89.6 cm³/mol. The first-order valence-corrected chi connectivity index (χ1v) is 7.36. The molecule has 6 nitrogen and oxygen atoms in total. The van der Waals surface area contributed by atoms with Crippen LogP contribution in [0.25, 0.3) is 0 Å². The SMILES string of the molecule is COc1cccc(CN/C=C(/C#N)C(=O)NCc2cccnc2)c1. The van der Waals surface area contributed by atoms with Gasteiger partial charge in [-0.1, -0.05) is 18.2 Å². The van der Waals surface area contributed by atoms with E-state index in [9.17, 15) is 4.79 Å². The smallest absolute Gasteiger partial charge is 0.263 e. The van der Waals surface area contributed by atoms with Crippen molar-refractivity contribution in [2.75, 3.05) is 7.11 Å². The highest BCUT2D eigenvalue weighted by atomic mass is 16.5. The molecule has 1 aromatic carbocycles. The van der Waals surface area contributed by atoms with Crippen LogP contribution < -0.4 is 15.4 Å². The van der Waals surface area contributed by atoms with Crippen LogP contribution in [0.15, 0.2) is 60.6 Å². The Kier molecular flexibility index (Phi) is 6.35. The van der Waals surface area contributed by atoms with Crippen molar-refractivity contribution in [1.82, 2.24) is 15.6 Å². The molecule has 2 aromatic rings. The minimum Gasteiger partial charge on any atom is -0.497 e. The van der Waals surface area contributed by atoms with Crippen LogP contribution in [0.5, 0.6) is 5.75 Å². The summed E-state index contributed by atoms with van der Waals surface area (Å²) in [4.78, 5) is 16.0. The monoisotopic (exact) mass is 322 g/mol. The highest BCUT2D eigenvalue weighted by Gasteiger charge is 2.08. The van der Waals surface area contributed by atoms with Gasteiger partial charge in [-0.05, 0) is 29.3 Å². The molecule has 0 aliphatic rings. The van der Waals surface area contributed by atoms with Crippen molar-refractivity contribution in [3.05, 3.63) is 71.7 Å². The molecule has 0 radical (unpaired) electrons. The van der Waals surface area contributed by atoms with Crippen LogP contribution in [-0.2, 0) is 17.9 Å². The molecular weight excluding hydrogens is 304 g/mol. The average molecular weight is 322 g/mol. The van der Waals surface area contributed by atoms with Crippen LogP contribution in [0.4, 0.5) is 0 Å². The van der Waals surface area contributed by atoms with Crippen LogP contribution in [0, 0.1) is 11.3 Å². The number of nitriles is 1. The number of hydrogen-bond acceptors (Lipinski definition) is 5. The van der Waals surface area contributed by atoms with Gasteiger partial charge in [0.25, 0.3) is 5.91 Å². The molecule has 1 aromatic heterocycles. The Bertz CT molecular complexity index is 751. The Hall–Kier alpha value is -3.33. The summed E-state index contributed by atoms with van der Waals surface area (Å²) in [6, 6.07) is 13.1. The van der Waals surface area contributed by atoms with E-state index in [0.29, 0.717) is 13.1 Å². The summed E-state index contributed by atoms with van der Waals surface area (Å²) < 4.78 is 5.15. The lowest BCUT2D eigenvalue weighted by Gasteiger charge is -2.06. The quantitative estimate of drug-likeness (QED) is 0.600. The molecule has 2 N–H and O–H groups in total. The number of methoxy groups -OCH3 is 1. The fourth-order valence-corrected chi connectivity index (χ4v) is 1.98. The normalized spacial score (nSPS) is 10.6. The number of carbonyl (C=O) groups excluding carboxylic acids is 1. The summed E-state index contributed by atoms with van der Waals surface area (Å²) in [5.74, 6) is 0.326. The summed E-state index contributed by atoms with van der Waals surface area (Å²) in [5, 5.41) is 14.8. The molecule has 0 fully saturated rings. The number of carbonyl (C=O) groups is 1. The van der Waals surface area contributed by atoms with Gasteiger partial charge in [0.05, 0.1) is 7.11 Å². The summed E-state index contributed by atoms with van der Waals surface area (Å²) in [6.45, 7) is 0.805. The second kappa shape index (κ2) is 8.96. The van der Waals surface area contributed by atoms with Crippen LogP contribution >= 0.6 is 0 Å². The van der Waals surface area contributed by atoms with Crippen molar-refractivity contribution in [3.8, 4) is 11.8 Å². The van der Waals surface area contributed by atoms with Crippen molar-refractivity contribution in [3.63, 3.8) is 0 Å². The molecule has 0 saturated heterocycles. The maximum absolute atomic E-state index is 12.0. The van der Waals surface area contributed by atoms with Gasteiger partial charge < -0.3 is 15.4 Å². The molecule has 24 heavy (non-hydrogen) atoms. The number of nitrogens with zero attached hydrogens (tertiary/aromatic N) is 2. The first-order chi connectivity index (χ1) is 11.7. The van der Waals surface area contributed by atoms with Gasteiger partial charge in [0.15, 0.2) is 0 Å². The number of aromatic nitrogens is 1.